The highest BCUT2D eigenvalue weighted by molar-refractivity contribution is 7.89. The summed E-state index contributed by atoms with van der Waals surface area (Å²) in [5, 5.41) is 6.53. The van der Waals surface area contributed by atoms with Crippen molar-refractivity contribution in [3.63, 3.8) is 0 Å². The summed E-state index contributed by atoms with van der Waals surface area (Å²) in [6, 6.07) is 7.04. The maximum atomic E-state index is 12.8. The molecule has 1 aromatic carbocycles. The number of likely N-dealkylation sites (tertiary alicyclic amines) is 1. The lowest BCUT2D eigenvalue weighted by molar-refractivity contribution is -0.127. The van der Waals surface area contributed by atoms with Crippen LogP contribution in [0.4, 0.5) is 0 Å². The Labute approximate surface area is 186 Å². The van der Waals surface area contributed by atoms with E-state index >= 15 is 0 Å². The Hall–Kier alpha value is -2.13. The number of carbonyl (C=O) groups is 1. The lowest BCUT2D eigenvalue weighted by Crippen LogP contribution is -2.39. The van der Waals surface area contributed by atoms with Crippen LogP contribution in [0.2, 0.25) is 0 Å². The molecular weight excluding hydrogens is 414 g/mol. The number of nitrogens with one attached hydrogen (secondary N) is 2. The number of hydrogen-bond acceptors (Lipinski definition) is 4. The molecule has 9 heteroatoms. The number of nitrogens with zero attached hydrogens (tertiary/aromatic N) is 3. The summed E-state index contributed by atoms with van der Waals surface area (Å²) in [5.74, 6) is 0.978. The molecule has 0 aliphatic carbocycles. The number of hydrogen-bond donors (Lipinski definition) is 2. The van der Waals surface area contributed by atoms with E-state index in [1.54, 1.807) is 16.4 Å². The molecule has 0 aromatic heterocycles. The topological polar surface area (TPSA) is 94.1 Å². The van der Waals surface area contributed by atoms with Crippen LogP contribution in [0.1, 0.15) is 51.0 Å². The average Bonchev–Trinajstić information content (AvgIpc) is 3.20. The Morgan fingerprint density at radius 1 is 1.03 bits per heavy atom. The zero-order valence-electron chi connectivity index (χ0n) is 18.5. The lowest BCUT2D eigenvalue weighted by atomic mass is 10.2. The summed E-state index contributed by atoms with van der Waals surface area (Å²) in [4.78, 5) is 18.5. The maximum absolute atomic E-state index is 12.8. The van der Waals surface area contributed by atoms with Gasteiger partial charge in [0.2, 0.25) is 15.9 Å². The van der Waals surface area contributed by atoms with E-state index in [1.807, 2.05) is 24.0 Å². The van der Waals surface area contributed by atoms with Crippen LogP contribution in [0, 0.1) is 0 Å². The fraction of sp³-hybridized carbons (Fsp3) is 0.636. The Morgan fingerprint density at radius 2 is 1.77 bits per heavy atom. The van der Waals surface area contributed by atoms with E-state index in [-0.39, 0.29) is 5.91 Å². The summed E-state index contributed by atoms with van der Waals surface area (Å²) in [6.07, 6.45) is 5.48. The Bertz CT molecular complexity index is 848. The zero-order chi connectivity index (χ0) is 22.1. The van der Waals surface area contributed by atoms with E-state index in [2.05, 4.69) is 15.6 Å². The van der Waals surface area contributed by atoms with Crippen molar-refractivity contribution in [3.05, 3.63) is 29.8 Å². The molecule has 1 aromatic rings. The van der Waals surface area contributed by atoms with Crippen LogP contribution in [-0.4, -0.2) is 68.8 Å². The molecule has 0 radical (unpaired) electrons. The minimum absolute atomic E-state index is 0.256. The van der Waals surface area contributed by atoms with Gasteiger partial charge in [-0.3, -0.25) is 4.79 Å². The molecule has 31 heavy (non-hydrogen) atoms. The number of sulfonamides is 1. The number of carbonyl (C=O) groups excluding carboxylic acids is 1. The molecule has 8 nitrogen and oxygen atoms in total. The van der Waals surface area contributed by atoms with Crippen molar-refractivity contribution in [1.82, 2.24) is 19.8 Å². The molecule has 2 N–H and O–H groups in total. The van der Waals surface area contributed by atoms with Crippen LogP contribution in [0.15, 0.2) is 34.2 Å². The number of rotatable bonds is 9. The SMILES string of the molecule is CCNC(=NCc1ccc(S(=O)(=O)N2CCCCC2)cc1)NCCCN1CCCC1=O. The predicted molar refractivity (Wildman–Crippen MR) is 122 cm³/mol. The van der Waals surface area contributed by atoms with E-state index in [4.69, 9.17) is 0 Å². The zero-order valence-corrected chi connectivity index (χ0v) is 19.3. The van der Waals surface area contributed by atoms with Gasteiger partial charge in [-0.25, -0.2) is 13.4 Å². The Morgan fingerprint density at radius 3 is 2.42 bits per heavy atom. The predicted octanol–water partition coefficient (Wildman–Crippen LogP) is 1.93. The Balaban J connectivity index is 1.51. The van der Waals surface area contributed by atoms with E-state index in [9.17, 15) is 13.2 Å². The molecule has 0 bridgehead atoms. The number of benzene rings is 1. The van der Waals surface area contributed by atoms with E-state index in [0.29, 0.717) is 31.0 Å². The van der Waals surface area contributed by atoms with Crippen LogP contribution in [0.5, 0.6) is 0 Å². The second-order valence-electron chi connectivity index (χ2n) is 8.07. The van der Waals surface area contributed by atoms with Crippen molar-refractivity contribution in [2.75, 3.05) is 39.3 Å². The van der Waals surface area contributed by atoms with Gasteiger partial charge in [-0.15, -0.1) is 0 Å². The maximum Gasteiger partial charge on any atom is 0.243 e. The molecule has 2 aliphatic rings. The van der Waals surface area contributed by atoms with Gasteiger partial charge in [0.15, 0.2) is 5.96 Å². The van der Waals surface area contributed by atoms with Gasteiger partial charge in [0, 0.05) is 45.7 Å². The van der Waals surface area contributed by atoms with Crippen LogP contribution >= 0.6 is 0 Å². The fourth-order valence-electron chi connectivity index (χ4n) is 3.95. The molecule has 172 valence electrons. The van der Waals surface area contributed by atoms with Crippen LogP contribution in [0.3, 0.4) is 0 Å². The van der Waals surface area contributed by atoms with Gasteiger partial charge in [-0.1, -0.05) is 18.6 Å². The summed E-state index contributed by atoms with van der Waals surface area (Å²) < 4.78 is 27.1. The highest BCUT2D eigenvalue weighted by atomic mass is 32.2. The van der Waals surface area contributed by atoms with Crippen LogP contribution in [-0.2, 0) is 21.4 Å². The van der Waals surface area contributed by atoms with Gasteiger partial charge in [0.05, 0.1) is 11.4 Å². The van der Waals surface area contributed by atoms with Gasteiger partial charge in [0.25, 0.3) is 0 Å². The highest BCUT2D eigenvalue weighted by Crippen LogP contribution is 2.21. The number of amides is 1. The molecule has 2 saturated heterocycles. The molecule has 2 fully saturated rings. The first-order valence-corrected chi connectivity index (χ1v) is 12.8. The van der Waals surface area contributed by atoms with Gasteiger partial charge in [-0.05, 0) is 50.3 Å². The summed E-state index contributed by atoms with van der Waals surface area (Å²) in [6.45, 7) is 6.83. The number of piperidine rings is 1. The first-order chi connectivity index (χ1) is 15.0. The summed E-state index contributed by atoms with van der Waals surface area (Å²) in [5.41, 5.74) is 0.956. The van der Waals surface area contributed by atoms with Gasteiger partial charge >= 0.3 is 0 Å². The van der Waals surface area contributed by atoms with Gasteiger partial charge in [0.1, 0.15) is 0 Å². The molecule has 0 unspecified atom stereocenters. The van der Waals surface area contributed by atoms with E-state index < -0.39 is 10.0 Å². The third-order valence-corrected chi connectivity index (χ3v) is 7.62. The van der Waals surface area contributed by atoms with Crippen LogP contribution < -0.4 is 10.6 Å². The molecule has 3 rings (SSSR count). The highest BCUT2D eigenvalue weighted by Gasteiger charge is 2.25. The third kappa shape index (κ3) is 6.67. The third-order valence-electron chi connectivity index (χ3n) is 5.71. The lowest BCUT2D eigenvalue weighted by Gasteiger charge is -2.25. The minimum Gasteiger partial charge on any atom is -0.357 e. The first kappa shape index (κ1) is 23.5. The van der Waals surface area contributed by atoms with E-state index in [0.717, 1.165) is 69.8 Å². The van der Waals surface area contributed by atoms with Crippen molar-refractivity contribution < 1.29 is 13.2 Å². The van der Waals surface area contributed by atoms with Gasteiger partial charge < -0.3 is 15.5 Å². The molecule has 0 saturated carbocycles. The van der Waals surface area contributed by atoms with Gasteiger partial charge in [-0.2, -0.15) is 4.31 Å². The summed E-state index contributed by atoms with van der Waals surface area (Å²) >= 11 is 0. The van der Waals surface area contributed by atoms with Crippen molar-refractivity contribution >= 4 is 21.9 Å². The first-order valence-electron chi connectivity index (χ1n) is 11.4. The fourth-order valence-corrected chi connectivity index (χ4v) is 5.47. The monoisotopic (exact) mass is 449 g/mol. The molecular formula is C22H35N5O3S. The molecule has 0 spiro atoms. The Kier molecular flexibility index (Phi) is 8.71. The van der Waals surface area contributed by atoms with E-state index in [1.165, 1.54) is 0 Å². The molecule has 2 aliphatic heterocycles. The standard InChI is InChI=1S/C22H35N5O3S/c1-2-23-22(24-13-7-15-26-14-6-8-21(26)28)25-18-19-9-11-20(12-10-19)31(29,30)27-16-4-3-5-17-27/h9-12H,2-8,13-18H2,1H3,(H2,23,24,25). The number of guanidine groups is 1. The smallest absolute Gasteiger partial charge is 0.243 e. The second kappa shape index (κ2) is 11.5. The quantitative estimate of drug-likeness (QED) is 0.341. The minimum atomic E-state index is -3.40. The van der Waals surface area contributed by atoms with Crippen molar-refractivity contribution in [1.29, 1.82) is 0 Å². The second-order valence-corrected chi connectivity index (χ2v) is 10.0. The van der Waals surface area contributed by atoms with Crippen molar-refractivity contribution in [3.8, 4) is 0 Å². The van der Waals surface area contributed by atoms with Crippen LogP contribution in [0.25, 0.3) is 0 Å². The average molecular weight is 450 g/mol. The van der Waals surface area contributed by atoms with Crippen molar-refractivity contribution in [2.24, 2.45) is 4.99 Å². The summed E-state index contributed by atoms with van der Waals surface area (Å²) in [7, 11) is -3.40. The normalized spacial score (nSPS) is 18.4. The molecule has 1 amide bonds. The largest absolute Gasteiger partial charge is 0.357 e. The molecule has 2 heterocycles. The number of aliphatic imine (C=N–C) groups is 1. The van der Waals surface area contributed by atoms with Crippen molar-refractivity contribution in [2.45, 2.75) is 56.9 Å². The molecule has 0 atom stereocenters.